The van der Waals surface area contributed by atoms with Crippen LogP contribution in [0, 0.1) is 6.92 Å². The third-order valence-electron chi connectivity index (χ3n) is 6.63. The molecule has 0 atom stereocenters. The lowest BCUT2D eigenvalue weighted by atomic mass is 9.74. The molecular weight excluding hydrogens is 480 g/mol. The number of nitrogens with one attached hydrogen (secondary N) is 1. The molecule has 0 saturated carbocycles. The third kappa shape index (κ3) is 4.48. The first-order chi connectivity index (χ1) is 17.6. The summed E-state index contributed by atoms with van der Waals surface area (Å²) in [7, 11) is 1.65. The zero-order valence-electron chi connectivity index (χ0n) is 20.2. The van der Waals surface area contributed by atoms with Gasteiger partial charge < -0.3 is 14.2 Å². The van der Waals surface area contributed by atoms with E-state index >= 15 is 0 Å². The molecule has 0 spiro atoms. The van der Waals surface area contributed by atoms with Gasteiger partial charge in [0.15, 0.2) is 0 Å². The van der Waals surface area contributed by atoms with Gasteiger partial charge in [-0.2, -0.15) is 0 Å². The summed E-state index contributed by atoms with van der Waals surface area (Å²) in [4.78, 5) is 21.7. The summed E-state index contributed by atoms with van der Waals surface area (Å²) in [5, 5.41) is 12.0. The number of hydrogen-bond donors (Lipinski definition) is 2. The molecule has 4 aromatic rings. The number of carbonyl (C=O) groups is 1. The molecule has 0 aliphatic carbocycles. The normalized spacial score (nSPS) is 15.2. The van der Waals surface area contributed by atoms with Crippen LogP contribution in [-0.2, 0) is 14.9 Å². The summed E-state index contributed by atoms with van der Waals surface area (Å²) < 4.78 is 18.5. The van der Waals surface area contributed by atoms with Crippen LogP contribution in [0.25, 0.3) is 17.0 Å². The van der Waals surface area contributed by atoms with Crippen LogP contribution in [0.3, 0.4) is 0 Å². The highest BCUT2D eigenvalue weighted by Crippen LogP contribution is 2.44. The van der Waals surface area contributed by atoms with Crippen LogP contribution in [-0.4, -0.2) is 59.0 Å². The summed E-state index contributed by atoms with van der Waals surface area (Å²) in [6.45, 7) is 4.26. The van der Waals surface area contributed by atoms with Gasteiger partial charge in [0.2, 0.25) is 0 Å². The molecule has 0 unspecified atom stereocenters. The third-order valence-corrected chi connectivity index (χ3v) is 7.68. The average Bonchev–Trinajstić information content (AvgIpc) is 3.52. The molecule has 9 nitrogen and oxygen atoms in total. The number of hydroxylamine groups is 1. The van der Waals surface area contributed by atoms with Gasteiger partial charge in [-0.15, -0.1) is 11.3 Å². The van der Waals surface area contributed by atoms with Crippen molar-refractivity contribution in [3.63, 3.8) is 0 Å². The number of aryl methyl sites for hydroxylation is 1. The summed E-state index contributed by atoms with van der Waals surface area (Å²) in [6, 6.07) is 11.2. The number of imidazole rings is 1. The van der Waals surface area contributed by atoms with E-state index in [-0.39, 0.29) is 5.41 Å². The molecule has 1 aliphatic rings. The van der Waals surface area contributed by atoms with Crippen molar-refractivity contribution in [2.45, 2.75) is 25.2 Å². The maximum atomic E-state index is 11.8. The van der Waals surface area contributed by atoms with E-state index in [1.54, 1.807) is 36.1 Å². The first-order valence-electron chi connectivity index (χ1n) is 11.8. The molecule has 10 heteroatoms. The van der Waals surface area contributed by atoms with Crippen molar-refractivity contribution in [2.75, 3.05) is 33.5 Å². The fourth-order valence-corrected chi connectivity index (χ4v) is 5.82. The van der Waals surface area contributed by atoms with Crippen molar-refractivity contribution in [1.82, 2.24) is 19.8 Å². The largest absolute Gasteiger partial charge is 0.491 e. The van der Waals surface area contributed by atoms with Crippen LogP contribution in [0.15, 0.2) is 48.0 Å². The first kappa shape index (κ1) is 24.4. The number of ether oxygens (including phenoxy) is 3. The number of benzene rings is 1. The van der Waals surface area contributed by atoms with Crippen LogP contribution < -0.4 is 10.2 Å². The Morgan fingerprint density at radius 3 is 2.69 bits per heavy atom. The monoisotopic (exact) mass is 508 g/mol. The topological polar surface area (TPSA) is 107 Å². The van der Waals surface area contributed by atoms with Crippen LogP contribution in [0.4, 0.5) is 0 Å². The molecule has 188 valence electrons. The molecule has 36 heavy (non-hydrogen) atoms. The maximum Gasteiger partial charge on any atom is 0.274 e. The van der Waals surface area contributed by atoms with Crippen molar-refractivity contribution < 1.29 is 24.2 Å². The average molecular weight is 509 g/mol. The maximum absolute atomic E-state index is 11.8. The van der Waals surface area contributed by atoms with Crippen LogP contribution >= 0.6 is 11.3 Å². The highest BCUT2D eigenvalue weighted by Gasteiger charge is 2.39. The summed E-state index contributed by atoms with van der Waals surface area (Å²) in [6.07, 6.45) is 3.54. The van der Waals surface area contributed by atoms with Crippen molar-refractivity contribution in [1.29, 1.82) is 0 Å². The molecular formula is C26H28N4O5S. The van der Waals surface area contributed by atoms with Gasteiger partial charge >= 0.3 is 0 Å². The van der Waals surface area contributed by atoms with Gasteiger partial charge in [0.1, 0.15) is 28.7 Å². The molecule has 5 rings (SSSR count). The number of fused-ring (bicyclic) bond motifs is 1. The van der Waals surface area contributed by atoms with Crippen molar-refractivity contribution in [2.24, 2.45) is 0 Å². The van der Waals surface area contributed by atoms with Gasteiger partial charge in [-0.05, 0) is 43.5 Å². The lowest BCUT2D eigenvalue weighted by Crippen LogP contribution is -2.35. The lowest BCUT2D eigenvalue weighted by Gasteiger charge is -2.36. The minimum absolute atomic E-state index is 0.313. The molecule has 2 N–H and O–H groups in total. The molecule has 1 saturated heterocycles. The smallest absolute Gasteiger partial charge is 0.274 e. The van der Waals surface area contributed by atoms with Gasteiger partial charge in [0, 0.05) is 43.5 Å². The minimum atomic E-state index is -0.533. The Kier molecular flexibility index (Phi) is 7.01. The number of hydrogen-bond acceptors (Lipinski definition) is 8. The molecule has 1 aliphatic heterocycles. The number of thiazole rings is 1. The lowest BCUT2D eigenvalue weighted by molar-refractivity contribution is 0.0629. The Balaban J connectivity index is 1.50. The Hall–Kier alpha value is -3.31. The Bertz CT molecular complexity index is 1360. The molecule has 0 bridgehead atoms. The fraction of sp³-hybridized carbons (Fsp3) is 0.346. The number of pyridine rings is 1. The van der Waals surface area contributed by atoms with E-state index in [1.165, 1.54) is 0 Å². The number of methoxy groups -OCH3 is 1. The van der Waals surface area contributed by atoms with Gasteiger partial charge in [-0.3, -0.25) is 14.4 Å². The van der Waals surface area contributed by atoms with Crippen molar-refractivity contribution in [3.05, 3.63) is 69.8 Å². The van der Waals surface area contributed by atoms with E-state index in [1.807, 2.05) is 41.8 Å². The van der Waals surface area contributed by atoms with Crippen molar-refractivity contribution in [3.8, 4) is 17.1 Å². The first-order valence-corrected chi connectivity index (χ1v) is 12.6. The SMILES string of the molecule is COCCOc1ccn2c(-c3csc(C4(c5ccc(C(=O)NO)cc5)CCOCC4)n3)c(C)nc2c1. The van der Waals surface area contributed by atoms with E-state index in [0.29, 0.717) is 32.0 Å². The number of amides is 1. The second-order valence-corrected chi connectivity index (χ2v) is 9.59. The van der Waals surface area contributed by atoms with Crippen molar-refractivity contribution >= 4 is 22.9 Å². The minimum Gasteiger partial charge on any atom is -0.491 e. The van der Waals surface area contributed by atoms with E-state index < -0.39 is 5.91 Å². The second-order valence-electron chi connectivity index (χ2n) is 8.73. The zero-order valence-corrected chi connectivity index (χ0v) is 21.0. The van der Waals surface area contributed by atoms with Crippen LogP contribution in [0.5, 0.6) is 5.75 Å². The van der Waals surface area contributed by atoms with Gasteiger partial charge in [-0.1, -0.05) is 12.1 Å². The molecule has 1 aromatic carbocycles. The highest BCUT2D eigenvalue weighted by atomic mass is 32.1. The highest BCUT2D eigenvalue weighted by molar-refractivity contribution is 7.10. The number of rotatable bonds is 8. The van der Waals surface area contributed by atoms with E-state index in [9.17, 15) is 4.79 Å². The van der Waals surface area contributed by atoms with E-state index in [0.717, 1.165) is 51.9 Å². The number of carbonyl (C=O) groups excluding carboxylic acids is 1. The van der Waals surface area contributed by atoms with Gasteiger partial charge in [0.25, 0.3) is 5.91 Å². The predicted octanol–water partition coefficient (Wildman–Crippen LogP) is 4.01. The number of nitrogens with zero attached hydrogens (tertiary/aromatic N) is 3. The number of aromatic nitrogens is 3. The van der Waals surface area contributed by atoms with E-state index in [4.69, 9.17) is 29.4 Å². The van der Waals surface area contributed by atoms with Crippen LogP contribution in [0.1, 0.15) is 39.5 Å². The Morgan fingerprint density at radius 1 is 1.19 bits per heavy atom. The molecule has 1 fully saturated rings. The van der Waals surface area contributed by atoms with E-state index in [2.05, 4.69) is 5.38 Å². The molecule has 1 amide bonds. The molecule has 0 radical (unpaired) electrons. The summed E-state index contributed by atoms with van der Waals surface area (Å²) in [5.74, 6) is 0.212. The standard InChI is InChI=1S/C26H28N4O5S/c1-17-23(30-10-7-20(15-22(30)27-17)35-14-13-33-2)21-16-36-25(28-21)26(8-11-34-12-9-26)19-5-3-18(4-6-19)24(31)29-32/h3-7,10,15-16,32H,8-9,11-14H2,1-2H3,(H,29,31). The second kappa shape index (κ2) is 10.4. The quantitative estimate of drug-likeness (QED) is 0.210. The zero-order chi connectivity index (χ0) is 25.1. The molecule has 3 aromatic heterocycles. The Labute approximate surface area is 212 Å². The molecule has 4 heterocycles. The summed E-state index contributed by atoms with van der Waals surface area (Å²) in [5.41, 5.74) is 6.36. The van der Waals surface area contributed by atoms with Gasteiger partial charge in [0.05, 0.1) is 23.4 Å². The summed E-state index contributed by atoms with van der Waals surface area (Å²) >= 11 is 1.63. The Morgan fingerprint density at radius 2 is 1.97 bits per heavy atom. The van der Waals surface area contributed by atoms with Crippen LogP contribution in [0.2, 0.25) is 0 Å². The predicted molar refractivity (Wildman–Crippen MR) is 135 cm³/mol. The fourth-order valence-electron chi connectivity index (χ4n) is 4.74. The van der Waals surface area contributed by atoms with Gasteiger partial charge in [-0.25, -0.2) is 15.4 Å².